The van der Waals surface area contributed by atoms with Crippen LogP contribution in [0.1, 0.15) is 44.3 Å². The van der Waals surface area contributed by atoms with E-state index in [4.69, 9.17) is 4.74 Å². The third-order valence-corrected chi connectivity index (χ3v) is 7.49. The largest absolute Gasteiger partial charge is 0.491 e. The fraction of sp³-hybridized carbons (Fsp3) is 0.394. The second-order valence-corrected chi connectivity index (χ2v) is 10.4. The van der Waals surface area contributed by atoms with E-state index in [0.29, 0.717) is 6.61 Å². The molecule has 0 atom stereocenters. The van der Waals surface area contributed by atoms with E-state index in [0.717, 1.165) is 48.2 Å². The lowest BCUT2D eigenvalue weighted by Gasteiger charge is -2.15. The van der Waals surface area contributed by atoms with Gasteiger partial charge in [-0.05, 0) is 75.5 Å². The van der Waals surface area contributed by atoms with Gasteiger partial charge in [0.1, 0.15) is 11.6 Å². The molecule has 1 saturated heterocycles. The van der Waals surface area contributed by atoms with Crippen LogP contribution >= 0.6 is 0 Å². The molecule has 0 spiro atoms. The summed E-state index contributed by atoms with van der Waals surface area (Å²) in [5.41, 5.74) is 4.39. The summed E-state index contributed by atoms with van der Waals surface area (Å²) >= 11 is 0. The van der Waals surface area contributed by atoms with Crippen molar-refractivity contribution in [3.63, 3.8) is 0 Å². The molecule has 0 unspecified atom stereocenters. The molecule has 0 bridgehead atoms. The number of para-hydroxylation sites is 2. The van der Waals surface area contributed by atoms with Crippen molar-refractivity contribution < 1.29 is 4.74 Å². The number of aryl methyl sites for hydroxylation is 1. The van der Waals surface area contributed by atoms with Crippen LogP contribution in [0, 0.1) is 6.92 Å². The van der Waals surface area contributed by atoms with Crippen LogP contribution in [0.2, 0.25) is 0 Å². The number of unbranched alkanes of at least 4 members (excludes halogenated alkanes) is 3. The Labute approximate surface area is 233 Å². The fourth-order valence-corrected chi connectivity index (χ4v) is 5.30. The van der Waals surface area contributed by atoms with Crippen LogP contribution in [-0.2, 0) is 0 Å². The first-order chi connectivity index (χ1) is 19.3. The summed E-state index contributed by atoms with van der Waals surface area (Å²) in [5, 5.41) is 12.5. The Hall–Kier alpha value is -3.48. The lowest BCUT2D eigenvalue weighted by Crippen LogP contribution is -2.30. The zero-order chi connectivity index (χ0) is 26.7. The Kier molecular flexibility index (Phi) is 9.77. The van der Waals surface area contributed by atoms with Gasteiger partial charge in [0, 0.05) is 18.7 Å². The lowest BCUT2D eigenvalue weighted by molar-refractivity contribution is 0.303. The van der Waals surface area contributed by atoms with E-state index in [-0.39, 0.29) is 0 Å². The minimum atomic E-state index is 0.710. The number of nitrogens with zero attached hydrogens (tertiary/aromatic N) is 4. The Morgan fingerprint density at radius 1 is 0.718 bits per heavy atom. The third-order valence-electron chi connectivity index (χ3n) is 7.49. The van der Waals surface area contributed by atoms with E-state index in [1.165, 1.54) is 62.9 Å². The molecule has 3 aromatic carbocycles. The SMILES string of the molecule is Cc1nnc(-c2ccc(-c3ccccc3)cc2)n1-c1ccccc1OCCCCCCNCCN1CCCC1. The van der Waals surface area contributed by atoms with Gasteiger partial charge in [0.05, 0.1) is 12.3 Å². The number of hydrogen-bond donors (Lipinski definition) is 1. The molecule has 0 aliphatic carbocycles. The maximum Gasteiger partial charge on any atom is 0.168 e. The van der Waals surface area contributed by atoms with Gasteiger partial charge in [-0.3, -0.25) is 4.57 Å². The van der Waals surface area contributed by atoms with E-state index in [9.17, 15) is 0 Å². The zero-order valence-corrected chi connectivity index (χ0v) is 23.2. The summed E-state index contributed by atoms with van der Waals surface area (Å²) < 4.78 is 8.39. The van der Waals surface area contributed by atoms with E-state index in [1.54, 1.807) is 0 Å². The average molecular weight is 524 g/mol. The van der Waals surface area contributed by atoms with Crippen LogP contribution in [0.15, 0.2) is 78.9 Å². The second-order valence-electron chi connectivity index (χ2n) is 10.4. The number of aromatic nitrogens is 3. The summed E-state index contributed by atoms with van der Waals surface area (Å²) in [5.74, 6) is 2.52. The molecule has 0 saturated carbocycles. The van der Waals surface area contributed by atoms with E-state index >= 15 is 0 Å². The molecule has 6 heteroatoms. The first-order valence-corrected chi connectivity index (χ1v) is 14.5. The molecule has 1 aliphatic rings. The monoisotopic (exact) mass is 523 g/mol. The molecule has 5 rings (SSSR count). The molecule has 4 aromatic rings. The number of benzene rings is 3. The molecule has 1 N–H and O–H groups in total. The molecule has 1 fully saturated rings. The number of nitrogens with one attached hydrogen (secondary N) is 1. The number of likely N-dealkylation sites (tertiary alicyclic amines) is 1. The highest BCUT2D eigenvalue weighted by atomic mass is 16.5. The van der Waals surface area contributed by atoms with Crippen molar-refractivity contribution in [2.45, 2.75) is 45.4 Å². The van der Waals surface area contributed by atoms with Crippen molar-refractivity contribution in [2.75, 3.05) is 39.3 Å². The summed E-state index contributed by atoms with van der Waals surface area (Å²) in [6.07, 6.45) is 7.43. The molecule has 0 amide bonds. The molecular formula is C33H41N5O. The maximum absolute atomic E-state index is 6.29. The fourth-order valence-electron chi connectivity index (χ4n) is 5.30. The van der Waals surface area contributed by atoms with Crippen molar-refractivity contribution >= 4 is 0 Å². The van der Waals surface area contributed by atoms with Crippen LogP contribution in [0.25, 0.3) is 28.2 Å². The van der Waals surface area contributed by atoms with Crippen LogP contribution in [0.5, 0.6) is 5.75 Å². The predicted octanol–water partition coefficient (Wildman–Crippen LogP) is 6.53. The number of ether oxygens (including phenoxy) is 1. The van der Waals surface area contributed by atoms with Crippen molar-refractivity contribution in [1.29, 1.82) is 0 Å². The standard InChI is InChI=1S/C33H41N5O/c1-27-35-36-33(30-19-17-29(18-20-30)28-13-5-4-6-14-28)38(27)31-15-7-8-16-32(31)39-26-12-3-2-9-21-34-22-25-37-23-10-11-24-37/h4-8,13-20,34H,2-3,9-12,21-26H2,1H3. The van der Waals surface area contributed by atoms with E-state index in [1.807, 2.05) is 31.2 Å². The topological polar surface area (TPSA) is 55.2 Å². The summed E-state index contributed by atoms with van der Waals surface area (Å²) in [6, 6.07) is 27.1. The average Bonchev–Trinajstić information content (AvgIpc) is 3.64. The van der Waals surface area contributed by atoms with Gasteiger partial charge in [0.25, 0.3) is 0 Å². The molecular weight excluding hydrogens is 482 g/mol. The number of hydrogen-bond acceptors (Lipinski definition) is 5. The van der Waals surface area contributed by atoms with Crippen molar-refractivity contribution in [2.24, 2.45) is 0 Å². The highest BCUT2D eigenvalue weighted by Gasteiger charge is 2.16. The Morgan fingerprint density at radius 3 is 2.23 bits per heavy atom. The number of rotatable bonds is 14. The van der Waals surface area contributed by atoms with Crippen molar-refractivity contribution in [3.8, 4) is 34.0 Å². The molecule has 6 nitrogen and oxygen atoms in total. The van der Waals surface area contributed by atoms with Gasteiger partial charge in [0.2, 0.25) is 0 Å². The van der Waals surface area contributed by atoms with Crippen LogP contribution < -0.4 is 10.1 Å². The van der Waals surface area contributed by atoms with Gasteiger partial charge in [0.15, 0.2) is 5.82 Å². The molecule has 39 heavy (non-hydrogen) atoms. The van der Waals surface area contributed by atoms with Crippen molar-refractivity contribution in [3.05, 3.63) is 84.7 Å². The molecule has 0 radical (unpaired) electrons. The highest BCUT2D eigenvalue weighted by Crippen LogP contribution is 2.30. The van der Waals surface area contributed by atoms with Gasteiger partial charge in [-0.25, -0.2) is 0 Å². The Morgan fingerprint density at radius 2 is 1.41 bits per heavy atom. The Balaban J connectivity index is 1.13. The summed E-state index contributed by atoms with van der Waals surface area (Å²) in [7, 11) is 0. The molecule has 204 valence electrons. The van der Waals surface area contributed by atoms with Gasteiger partial charge >= 0.3 is 0 Å². The van der Waals surface area contributed by atoms with Gasteiger partial charge < -0.3 is 15.0 Å². The second kappa shape index (κ2) is 14.1. The normalized spacial score (nSPS) is 13.7. The van der Waals surface area contributed by atoms with Crippen LogP contribution in [0.3, 0.4) is 0 Å². The maximum atomic E-state index is 6.29. The van der Waals surface area contributed by atoms with Gasteiger partial charge in [-0.1, -0.05) is 79.6 Å². The predicted molar refractivity (Wildman–Crippen MR) is 159 cm³/mol. The van der Waals surface area contributed by atoms with Crippen LogP contribution in [-0.4, -0.2) is 59.0 Å². The van der Waals surface area contributed by atoms with Gasteiger partial charge in [-0.15, -0.1) is 10.2 Å². The lowest BCUT2D eigenvalue weighted by atomic mass is 10.0. The first-order valence-electron chi connectivity index (χ1n) is 14.5. The quantitative estimate of drug-likeness (QED) is 0.190. The van der Waals surface area contributed by atoms with E-state index < -0.39 is 0 Å². The van der Waals surface area contributed by atoms with E-state index in [2.05, 4.69) is 79.6 Å². The summed E-state index contributed by atoms with van der Waals surface area (Å²) in [4.78, 5) is 2.56. The minimum absolute atomic E-state index is 0.710. The zero-order valence-electron chi connectivity index (χ0n) is 23.2. The van der Waals surface area contributed by atoms with Crippen LogP contribution in [0.4, 0.5) is 0 Å². The minimum Gasteiger partial charge on any atom is -0.491 e. The van der Waals surface area contributed by atoms with Gasteiger partial charge in [-0.2, -0.15) is 0 Å². The van der Waals surface area contributed by atoms with Crippen molar-refractivity contribution in [1.82, 2.24) is 25.0 Å². The third kappa shape index (κ3) is 7.34. The first kappa shape index (κ1) is 27.1. The molecule has 1 aromatic heterocycles. The smallest absolute Gasteiger partial charge is 0.168 e. The molecule has 2 heterocycles. The molecule has 1 aliphatic heterocycles. The highest BCUT2D eigenvalue weighted by molar-refractivity contribution is 5.69. The summed E-state index contributed by atoms with van der Waals surface area (Å²) in [6.45, 7) is 8.68. The Bertz CT molecular complexity index is 1280.